The molecule has 2 aliphatic heterocycles. The van der Waals surface area contributed by atoms with Gasteiger partial charge in [-0.25, -0.2) is 4.98 Å². The van der Waals surface area contributed by atoms with Crippen molar-refractivity contribution >= 4 is 29.0 Å². The van der Waals surface area contributed by atoms with E-state index in [0.717, 1.165) is 42.6 Å². The molecule has 1 N–H and O–H groups in total. The molecule has 5 nitrogen and oxygen atoms in total. The summed E-state index contributed by atoms with van der Waals surface area (Å²) in [6.07, 6.45) is 11.4. The summed E-state index contributed by atoms with van der Waals surface area (Å²) >= 11 is 6.05. The maximum Gasteiger partial charge on any atom is 0.237 e. The lowest BCUT2D eigenvalue weighted by molar-refractivity contribution is -0.141. The number of fused-ring (bicyclic) bond motifs is 1. The first-order valence-corrected chi connectivity index (χ1v) is 12.2. The molecule has 6 rings (SSSR count). The van der Waals surface area contributed by atoms with E-state index in [1.807, 2.05) is 61.7 Å². The van der Waals surface area contributed by atoms with E-state index in [2.05, 4.69) is 22.4 Å². The maximum atomic E-state index is 13.0. The van der Waals surface area contributed by atoms with Crippen molar-refractivity contribution < 1.29 is 9.59 Å². The van der Waals surface area contributed by atoms with Crippen molar-refractivity contribution in [1.29, 1.82) is 0 Å². The number of aromatic nitrogens is 1. The van der Waals surface area contributed by atoms with Crippen molar-refractivity contribution in [2.24, 2.45) is 17.3 Å². The van der Waals surface area contributed by atoms with Gasteiger partial charge in [0.25, 0.3) is 0 Å². The van der Waals surface area contributed by atoms with Crippen LogP contribution in [-0.4, -0.2) is 34.8 Å². The lowest BCUT2D eigenvalue weighted by atomic mass is 9.60. The summed E-state index contributed by atoms with van der Waals surface area (Å²) in [5.41, 5.74) is 6.22. The lowest BCUT2D eigenvalue weighted by Crippen LogP contribution is -2.58. The van der Waals surface area contributed by atoms with E-state index in [1.165, 1.54) is 16.0 Å². The van der Waals surface area contributed by atoms with Gasteiger partial charge in [-0.05, 0) is 48.6 Å². The number of allylic oxidation sites excluding steroid dienone is 3. The Hall–Kier alpha value is -3.02. The van der Waals surface area contributed by atoms with Crippen LogP contribution in [-0.2, 0) is 9.59 Å². The van der Waals surface area contributed by atoms with Crippen molar-refractivity contribution in [3.05, 3.63) is 94.3 Å². The van der Waals surface area contributed by atoms with E-state index in [0.29, 0.717) is 10.6 Å². The van der Waals surface area contributed by atoms with E-state index < -0.39 is 0 Å². The molecule has 34 heavy (non-hydrogen) atoms. The van der Waals surface area contributed by atoms with Crippen LogP contribution < -0.4 is 5.32 Å². The molecule has 2 amide bonds. The Morgan fingerprint density at radius 2 is 1.62 bits per heavy atom. The zero-order valence-electron chi connectivity index (χ0n) is 19.0. The van der Waals surface area contributed by atoms with Crippen molar-refractivity contribution in [3.8, 4) is 0 Å². The van der Waals surface area contributed by atoms with Crippen LogP contribution in [0.15, 0.2) is 72.5 Å². The van der Waals surface area contributed by atoms with Crippen molar-refractivity contribution in [3.63, 3.8) is 0 Å². The molecule has 2 unspecified atom stereocenters. The molecule has 1 saturated carbocycles. The molecule has 172 valence electrons. The minimum Gasteiger partial charge on any atom is -0.315 e. The van der Waals surface area contributed by atoms with Gasteiger partial charge in [-0.3, -0.25) is 14.5 Å². The quantitative estimate of drug-likeness (QED) is 0.518. The monoisotopic (exact) mass is 471 g/mol. The van der Waals surface area contributed by atoms with Gasteiger partial charge < -0.3 is 5.32 Å². The van der Waals surface area contributed by atoms with Crippen LogP contribution in [0.3, 0.4) is 0 Å². The number of rotatable bonds is 4. The fourth-order valence-electron chi connectivity index (χ4n) is 5.83. The maximum absolute atomic E-state index is 13.0. The van der Waals surface area contributed by atoms with Crippen LogP contribution >= 0.6 is 11.6 Å². The molecule has 1 spiro atoms. The largest absolute Gasteiger partial charge is 0.315 e. The van der Waals surface area contributed by atoms with Gasteiger partial charge in [-0.15, -0.1) is 0 Å². The molecule has 1 aromatic heterocycles. The summed E-state index contributed by atoms with van der Waals surface area (Å²) in [5, 5.41) is 3.88. The van der Waals surface area contributed by atoms with Crippen molar-refractivity contribution in [1.82, 2.24) is 15.2 Å². The second-order valence-corrected chi connectivity index (χ2v) is 10.4. The Morgan fingerprint density at radius 3 is 2.15 bits per heavy atom. The third kappa shape index (κ3) is 3.38. The SMILES string of the molecule is C[C@H](c1ccc(C(=C2CC3(CNC3)C2)c2ccc(Cl)nc2)cc1)N1C(=O)C2C=CC=CC2C1=O. The predicted molar refractivity (Wildman–Crippen MR) is 132 cm³/mol. The average Bonchev–Trinajstić information content (AvgIpc) is 3.05. The number of carbonyl (C=O) groups excluding carboxylic acids is 2. The van der Waals surface area contributed by atoms with Crippen LogP contribution in [0.25, 0.3) is 5.57 Å². The first-order chi connectivity index (χ1) is 16.5. The number of carbonyl (C=O) groups is 2. The van der Waals surface area contributed by atoms with Crippen LogP contribution in [0.1, 0.15) is 42.5 Å². The second kappa shape index (κ2) is 8.03. The Kier molecular flexibility index (Phi) is 5.08. The van der Waals surface area contributed by atoms with Crippen LogP contribution in [0, 0.1) is 17.3 Å². The Balaban J connectivity index is 1.30. The number of amides is 2. The zero-order chi connectivity index (χ0) is 23.4. The highest BCUT2D eigenvalue weighted by Gasteiger charge is 2.48. The van der Waals surface area contributed by atoms with Crippen molar-refractivity contribution in [2.45, 2.75) is 25.8 Å². The van der Waals surface area contributed by atoms with Gasteiger partial charge >= 0.3 is 0 Å². The molecule has 3 heterocycles. The smallest absolute Gasteiger partial charge is 0.237 e. The summed E-state index contributed by atoms with van der Waals surface area (Å²) in [5.74, 6) is -0.980. The molecule has 4 aliphatic rings. The molecule has 0 bridgehead atoms. The molecule has 0 radical (unpaired) electrons. The summed E-state index contributed by atoms with van der Waals surface area (Å²) in [7, 11) is 0. The average molecular weight is 472 g/mol. The highest BCUT2D eigenvalue weighted by molar-refractivity contribution is 6.29. The Labute approximate surface area is 204 Å². The highest BCUT2D eigenvalue weighted by atomic mass is 35.5. The summed E-state index contributed by atoms with van der Waals surface area (Å²) in [6.45, 7) is 4.10. The summed E-state index contributed by atoms with van der Waals surface area (Å²) in [4.78, 5) is 31.7. The molecule has 6 heteroatoms. The third-order valence-corrected chi connectivity index (χ3v) is 8.02. The van der Waals surface area contributed by atoms with Gasteiger partial charge in [0, 0.05) is 30.3 Å². The van der Waals surface area contributed by atoms with Gasteiger partial charge in [-0.1, -0.05) is 65.7 Å². The van der Waals surface area contributed by atoms with Gasteiger partial charge in [0.15, 0.2) is 0 Å². The number of imide groups is 1. The molecule has 2 aromatic rings. The van der Waals surface area contributed by atoms with E-state index in [-0.39, 0.29) is 29.7 Å². The first-order valence-electron chi connectivity index (χ1n) is 11.8. The highest BCUT2D eigenvalue weighted by Crippen LogP contribution is 2.51. The standard InChI is InChI=1S/C28H26ClN3O2/c1-17(32-26(33)22-4-2-3-5-23(22)27(32)34)18-6-8-19(9-7-18)25(20-10-11-24(29)31-14-20)21-12-28(13-21)15-30-16-28/h2-11,14,17,22-23,30H,12-13,15-16H2,1H3/t17-,22?,23?/m1/s1. The molecule has 2 saturated heterocycles. The van der Waals surface area contributed by atoms with Gasteiger partial charge in [0.05, 0.1) is 17.9 Å². The van der Waals surface area contributed by atoms with E-state index in [9.17, 15) is 9.59 Å². The minimum absolute atomic E-state index is 0.115. The molecule has 3 fully saturated rings. The normalized spacial score (nSPS) is 25.2. The third-order valence-electron chi connectivity index (χ3n) is 7.80. The zero-order valence-corrected chi connectivity index (χ0v) is 19.8. The van der Waals surface area contributed by atoms with Crippen molar-refractivity contribution in [2.75, 3.05) is 13.1 Å². The topological polar surface area (TPSA) is 62.3 Å². The molecule has 1 aromatic carbocycles. The number of likely N-dealkylation sites (tertiary alicyclic amines) is 1. The van der Waals surface area contributed by atoms with E-state index in [4.69, 9.17) is 11.6 Å². The molecule has 3 atom stereocenters. The van der Waals surface area contributed by atoms with Gasteiger partial charge in [0.2, 0.25) is 11.8 Å². The Bertz CT molecular complexity index is 1220. The van der Waals surface area contributed by atoms with E-state index in [1.54, 1.807) is 0 Å². The number of benzene rings is 1. The number of nitrogens with zero attached hydrogens (tertiary/aromatic N) is 2. The molecule has 2 aliphatic carbocycles. The number of pyridine rings is 1. The van der Waals surface area contributed by atoms with Gasteiger partial charge in [0.1, 0.15) is 5.15 Å². The van der Waals surface area contributed by atoms with E-state index >= 15 is 0 Å². The second-order valence-electron chi connectivity index (χ2n) is 9.97. The number of halogens is 1. The number of nitrogens with one attached hydrogen (secondary N) is 1. The van der Waals surface area contributed by atoms with Crippen LogP contribution in [0.4, 0.5) is 0 Å². The minimum atomic E-state index is -0.375. The number of hydrogen-bond donors (Lipinski definition) is 1. The fourth-order valence-corrected chi connectivity index (χ4v) is 5.94. The molecular weight excluding hydrogens is 446 g/mol. The predicted octanol–water partition coefficient (Wildman–Crippen LogP) is 4.71. The number of hydrogen-bond acceptors (Lipinski definition) is 4. The van der Waals surface area contributed by atoms with Crippen LogP contribution in [0.2, 0.25) is 5.15 Å². The summed E-state index contributed by atoms with van der Waals surface area (Å²) < 4.78 is 0. The summed E-state index contributed by atoms with van der Waals surface area (Å²) in [6, 6.07) is 11.8. The lowest BCUT2D eigenvalue weighted by Gasteiger charge is -2.52. The fraction of sp³-hybridized carbons (Fsp3) is 0.321. The first kappa shape index (κ1) is 21.5. The van der Waals surface area contributed by atoms with Crippen LogP contribution in [0.5, 0.6) is 0 Å². The molecular formula is C28H26ClN3O2. The Morgan fingerprint density at radius 1 is 1.00 bits per heavy atom. The van der Waals surface area contributed by atoms with Gasteiger partial charge in [-0.2, -0.15) is 0 Å².